The lowest BCUT2D eigenvalue weighted by Crippen LogP contribution is -2.43. The summed E-state index contributed by atoms with van der Waals surface area (Å²) in [5, 5.41) is 11.8. The van der Waals surface area contributed by atoms with E-state index >= 15 is 4.39 Å². The van der Waals surface area contributed by atoms with Crippen molar-refractivity contribution in [3.05, 3.63) is 76.9 Å². The van der Waals surface area contributed by atoms with E-state index in [1.807, 2.05) is 17.9 Å². The molecule has 0 radical (unpaired) electrons. The number of nitrogens with one attached hydrogen (secondary N) is 1. The van der Waals surface area contributed by atoms with Crippen LogP contribution in [0.4, 0.5) is 16.0 Å². The fourth-order valence-corrected chi connectivity index (χ4v) is 4.43. The third-order valence-electron chi connectivity index (χ3n) is 6.97. The first-order valence-corrected chi connectivity index (χ1v) is 12.2. The Kier molecular flexibility index (Phi) is 6.53. The number of hydrogen-bond acceptors (Lipinski definition) is 7. The normalized spacial score (nSPS) is 16.5. The maximum atomic E-state index is 15.6. The SMILES string of the molecule is Cc1ccc(C(=O)N2CCC(F)(c3ccc(C#N)cn3)CC2)cc1NC(=O)c1cnc(N2CCC2)nc1. The molecule has 9 nitrogen and oxygen atoms in total. The molecule has 2 fully saturated rings. The lowest BCUT2D eigenvalue weighted by atomic mass is 9.89. The van der Waals surface area contributed by atoms with Crippen LogP contribution in [0.25, 0.3) is 0 Å². The molecule has 1 aromatic carbocycles. The van der Waals surface area contributed by atoms with Crippen molar-refractivity contribution in [1.29, 1.82) is 5.26 Å². The Morgan fingerprint density at radius 2 is 1.73 bits per heavy atom. The summed E-state index contributed by atoms with van der Waals surface area (Å²) in [6.45, 7) is 4.14. The number of rotatable bonds is 5. The standard InChI is InChI=1S/C27H26FN7O2/c1-18-3-5-20(13-22(18)33-24(36)21-16-31-26(32-17-21)35-9-2-10-35)25(37)34-11-7-27(28,8-12-34)23-6-4-19(14-29)15-30-23/h3-6,13,15-17H,2,7-12H2,1H3,(H,33,36). The van der Waals surface area contributed by atoms with Crippen molar-refractivity contribution in [3.8, 4) is 6.07 Å². The van der Waals surface area contributed by atoms with E-state index in [1.165, 1.54) is 24.7 Å². The number of piperidine rings is 1. The maximum absolute atomic E-state index is 15.6. The minimum atomic E-state index is -1.65. The van der Waals surface area contributed by atoms with Gasteiger partial charge < -0.3 is 15.1 Å². The number of anilines is 2. The smallest absolute Gasteiger partial charge is 0.258 e. The van der Waals surface area contributed by atoms with Gasteiger partial charge in [-0.3, -0.25) is 14.6 Å². The molecule has 5 rings (SSSR count). The zero-order valence-electron chi connectivity index (χ0n) is 20.4. The Hall–Kier alpha value is -4.39. The summed E-state index contributed by atoms with van der Waals surface area (Å²) in [7, 11) is 0. The van der Waals surface area contributed by atoms with Gasteiger partial charge in [-0.2, -0.15) is 5.26 Å². The molecule has 2 saturated heterocycles. The molecule has 2 aromatic heterocycles. The highest BCUT2D eigenvalue weighted by Crippen LogP contribution is 2.36. The van der Waals surface area contributed by atoms with Crippen LogP contribution in [0.3, 0.4) is 0 Å². The number of carbonyl (C=O) groups excluding carboxylic acids is 2. The second kappa shape index (κ2) is 9.93. The van der Waals surface area contributed by atoms with Crippen molar-refractivity contribution >= 4 is 23.5 Å². The van der Waals surface area contributed by atoms with Crippen LogP contribution < -0.4 is 10.2 Å². The number of alkyl halides is 1. The van der Waals surface area contributed by atoms with Gasteiger partial charge in [-0.05, 0) is 43.2 Å². The molecule has 10 heteroatoms. The molecule has 2 amide bonds. The van der Waals surface area contributed by atoms with Gasteiger partial charge in [0.2, 0.25) is 5.95 Å². The highest BCUT2D eigenvalue weighted by molar-refractivity contribution is 6.05. The molecular formula is C27H26FN7O2. The van der Waals surface area contributed by atoms with Crippen LogP contribution in [0.5, 0.6) is 0 Å². The van der Waals surface area contributed by atoms with E-state index < -0.39 is 5.67 Å². The fraction of sp³-hybridized carbons (Fsp3) is 0.333. The maximum Gasteiger partial charge on any atom is 0.258 e. The fourth-order valence-electron chi connectivity index (χ4n) is 4.43. The number of likely N-dealkylation sites (tertiary alicyclic amines) is 1. The van der Waals surface area contributed by atoms with Crippen LogP contribution in [0.1, 0.15) is 56.8 Å². The van der Waals surface area contributed by atoms with Crippen LogP contribution in [0.2, 0.25) is 0 Å². The molecule has 0 unspecified atom stereocenters. The zero-order valence-corrected chi connectivity index (χ0v) is 20.4. The first kappa shape index (κ1) is 24.3. The molecular weight excluding hydrogens is 473 g/mol. The molecule has 2 aliphatic rings. The van der Waals surface area contributed by atoms with Crippen LogP contribution >= 0.6 is 0 Å². The second-order valence-corrected chi connectivity index (χ2v) is 9.40. The average molecular weight is 500 g/mol. The number of carbonyl (C=O) groups is 2. The summed E-state index contributed by atoms with van der Waals surface area (Å²) in [4.78, 5) is 42.3. The molecule has 0 spiro atoms. The summed E-state index contributed by atoms with van der Waals surface area (Å²) in [5.41, 5.74) is 1.06. The summed E-state index contributed by atoms with van der Waals surface area (Å²) in [6, 6.07) is 10.2. The number of nitrogens with zero attached hydrogens (tertiary/aromatic N) is 6. The minimum absolute atomic E-state index is 0.112. The highest BCUT2D eigenvalue weighted by Gasteiger charge is 2.39. The van der Waals surface area contributed by atoms with E-state index in [-0.39, 0.29) is 43.4 Å². The van der Waals surface area contributed by atoms with E-state index in [0.29, 0.717) is 28.3 Å². The predicted molar refractivity (Wildman–Crippen MR) is 135 cm³/mol. The third kappa shape index (κ3) is 4.98. The molecule has 0 aliphatic carbocycles. The van der Waals surface area contributed by atoms with Crippen LogP contribution in [0, 0.1) is 18.3 Å². The molecule has 2 aliphatic heterocycles. The molecule has 4 heterocycles. The van der Waals surface area contributed by atoms with Gasteiger partial charge >= 0.3 is 0 Å². The first-order chi connectivity index (χ1) is 17.9. The van der Waals surface area contributed by atoms with Crippen LogP contribution in [0.15, 0.2) is 48.9 Å². The topological polar surface area (TPSA) is 115 Å². The molecule has 0 saturated carbocycles. The van der Waals surface area contributed by atoms with Gasteiger partial charge in [-0.15, -0.1) is 0 Å². The van der Waals surface area contributed by atoms with Crippen LogP contribution in [-0.4, -0.2) is 57.8 Å². The van der Waals surface area contributed by atoms with E-state index in [0.717, 1.165) is 25.1 Å². The molecule has 188 valence electrons. The summed E-state index contributed by atoms with van der Waals surface area (Å²) in [5.74, 6) is 0.0194. The monoisotopic (exact) mass is 499 g/mol. The quantitative estimate of drug-likeness (QED) is 0.570. The largest absolute Gasteiger partial charge is 0.341 e. The van der Waals surface area contributed by atoms with Crippen molar-refractivity contribution < 1.29 is 14.0 Å². The molecule has 37 heavy (non-hydrogen) atoms. The van der Waals surface area contributed by atoms with Gasteiger partial charge in [0.25, 0.3) is 11.8 Å². The van der Waals surface area contributed by atoms with E-state index in [1.54, 1.807) is 29.2 Å². The summed E-state index contributed by atoms with van der Waals surface area (Å²) in [6.07, 6.45) is 5.70. The van der Waals surface area contributed by atoms with Crippen molar-refractivity contribution in [2.75, 3.05) is 36.4 Å². The number of amides is 2. The summed E-state index contributed by atoms with van der Waals surface area (Å²) < 4.78 is 15.6. The van der Waals surface area contributed by atoms with Gasteiger partial charge in [0.05, 0.1) is 16.8 Å². The van der Waals surface area contributed by atoms with Crippen molar-refractivity contribution in [2.24, 2.45) is 0 Å². The number of pyridine rings is 1. The first-order valence-electron chi connectivity index (χ1n) is 12.2. The Morgan fingerprint density at radius 1 is 1.00 bits per heavy atom. The Labute approximate surface area is 214 Å². The highest BCUT2D eigenvalue weighted by atomic mass is 19.1. The number of halogens is 1. The molecule has 0 atom stereocenters. The summed E-state index contributed by atoms with van der Waals surface area (Å²) >= 11 is 0. The number of benzene rings is 1. The van der Waals surface area contributed by atoms with Gasteiger partial charge in [-0.25, -0.2) is 14.4 Å². The van der Waals surface area contributed by atoms with E-state index in [4.69, 9.17) is 5.26 Å². The van der Waals surface area contributed by atoms with Gasteiger partial charge in [0, 0.05) is 68.9 Å². The van der Waals surface area contributed by atoms with Gasteiger partial charge in [0.15, 0.2) is 5.67 Å². The van der Waals surface area contributed by atoms with E-state index in [2.05, 4.69) is 20.3 Å². The van der Waals surface area contributed by atoms with Crippen molar-refractivity contribution in [3.63, 3.8) is 0 Å². The number of nitriles is 1. The lowest BCUT2D eigenvalue weighted by Gasteiger charge is -2.36. The van der Waals surface area contributed by atoms with Crippen molar-refractivity contribution in [1.82, 2.24) is 19.9 Å². The molecule has 0 bridgehead atoms. The Bertz CT molecular complexity index is 1360. The minimum Gasteiger partial charge on any atom is -0.341 e. The lowest BCUT2D eigenvalue weighted by molar-refractivity contribution is 0.0402. The number of aryl methyl sites for hydroxylation is 1. The molecule has 1 N–H and O–H groups in total. The average Bonchev–Trinajstić information content (AvgIpc) is 2.89. The predicted octanol–water partition coefficient (Wildman–Crippen LogP) is 3.62. The zero-order chi connectivity index (χ0) is 26.0. The van der Waals surface area contributed by atoms with E-state index in [9.17, 15) is 9.59 Å². The second-order valence-electron chi connectivity index (χ2n) is 9.40. The van der Waals surface area contributed by atoms with Gasteiger partial charge in [0.1, 0.15) is 6.07 Å². The Morgan fingerprint density at radius 3 is 2.32 bits per heavy atom. The number of hydrogen-bond donors (Lipinski definition) is 1. The van der Waals surface area contributed by atoms with Crippen LogP contribution in [-0.2, 0) is 5.67 Å². The molecule has 3 aromatic rings. The number of aromatic nitrogens is 3. The third-order valence-corrected chi connectivity index (χ3v) is 6.97. The Balaban J connectivity index is 1.24. The van der Waals surface area contributed by atoms with Gasteiger partial charge in [-0.1, -0.05) is 6.07 Å². The van der Waals surface area contributed by atoms with Crippen molar-refractivity contribution in [2.45, 2.75) is 31.9 Å².